The lowest BCUT2D eigenvalue weighted by Crippen LogP contribution is -2.50. The Balaban J connectivity index is 1.46. The molecule has 1 aliphatic heterocycles. The molecule has 0 spiro atoms. The number of carbonyl (C=O) groups excluding carboxylic acids is 1. The number of rotatable bonds is 6. The lowest BCUT2D eigenvalue weighted by atomic mass is 10.1. The highest BCUT2D eigenvalue weighted by Crippen LogP contribution is 2.24. The Bertz CT molecular complexity index is 697. The normalized spacial score (nSPS) is 14.9. The summed E-state index contributed by atoms with van der Waals surface area (Å²) < 4.78 is 5.57. The molecule has 0 bridgehead atoms. The van der Waals surface area contributed by atoms with Crippen molar-refractivity contribution < 1.29 is 9.53 Å². The largest absolute Gasteiger partial charge is 0.492 e. The molecule has 138 valence electrons. The molecule has 0 saturated carbocycles. The number of nitrogens with zero attached hydrogens (tertiary/aromatic N) is 2. The van der Waals surface area contributed by atoms with E-state index in [1.54, 1.807) is 0 Å². The van der Waals surface area contributed by atoms with E-state index in [0.29, 0.717) is 12.4 Å². The molecule has 1 heterocycles. The highest BCUT2D eigenvalue weighted by atomic mass is 16.5. The number of hydrogen-bond acceptors (Lipinski definition) is 3. The summed E-state index contributed by atoms with van der Waals surface area (Å²) in [6, 6.07) is 18.0. The third-order valence-electron chi connectivity index (χ3n) is 4.65. The van der Waals surface area contributed by atoms with Crippen molar-refractivity contribution in [2.24, 2.45) is 0 Å². The topological polar surface area (TPSA) is 44.8 Å². The minimum Gasteiger partial charge on any atom is -0.492 e. The van der Waals surface area contributed by atoms with Crippen LogP contribution in [-0.4, -0.2) is 55.2 Å². The van der Waals surface area contributed by atoms with Gasteiger partial charge in [0.1, 0.15) is 5.75 Å². The summed E-state index contributed by atoms with van der Waals surface area (Å²) in [6.45, 7) is 6.86. The number of amides is 2. The number of urea groups is 1. The van der Waals surface area contributed by atoms with Gasteiger partial charge < -0.3 is 15.0 Å². The van der Waals surface area contributed by atoms with Crippen LogP contribution in [0.1, 0.15) is 12.5 Å². The van der Waals surface area contributed by atoms with Crippen LogP contribution in [0.15, 0.2) is 54.6 Å². The van der Waals surface area contributed by atoms with E-state index in [4.69, 9.17) is 4.74 Å². The van der Waals surface area contributed by atoms with Gasteiger partial charge in [0, 0.05) is 32.7 Å². The van der Waals surface area contributed by atoms with Gasteiger partial charge in [-0.3, -0.25) is 4.90 Å². The lowest BCUT2D eigenvalue weighted by Gasteiger charge is -2.34. The predicted molar refractivity (Wildman–Crippen MR) is 105 cm³/mol. The van der Waals surface area contributed by atoms with Gasteiger partial charge in [-0.2, -0.15) is 0 Å². The molecule has 0 unspecified atom stereocenters. The smallest absolute Gasteiger partial charge is 0.322 e. The first-order valence-corrected chi connectivity index (χ1v) is 9.30. The average Bonchev–Trinajstić information content (AvgIpc) is 2.69. The quantitative estimate of drug-likeness (QED) is 0.865. The molecule has 1 fully saturated rings. The molecule has 1 saturated heterocycles. The zero-order chi connectivity index (χ0) is 18.2. The summed E-state index contributed by atoms with van der Waals surface area (Å²) in [7, 11) is 0. The van der Waals surface area contributed by atoms with Crippen molar-refractivity contribution in [3.63, 3.8) is 0 Å². The van der Waals surface area contributed by atoms with Crippen LogP contribution in [0.2, 0.25) is 0 Å². The van der Waals surface area contributed by atoms with Crippen molar-refractivity contribution in [1.82, 2.24) is 9.80 Å². The molecule has 0 aliphatic carbocycles. The van der Waals surface area contributed by atoms with Crippen LogP contribution in [0.5, 0.6) is 5.75 Å². The Morgan fingerprint density at radius 3 is 2.42 bits per heavy atom. The highest BCUT2D eigenvalue weighted by Gasteiger charge is 2.21. The van der Waals surface area contributed by atoms with E-state index in [9.17, 15) is 4.79 Å². The molecule has 0 aromatic heterocycles. The monoisotopic (exact) mass is 353 g/mol. The number of hydrogen-bond donors (Lipinski definition) is 1. The standard InChI is InChI=1S/C21H27N3O2/c1-2-26-20-11-7-6-10-19(20)22-21(25)24-16-14-23(15-17-24)13-12-18-8-4-3-5-9-18/h3-11H,2,12-17H2,1H3,(H,22,25). The van der Waals surface area contributed by atoms with Gasteiger partial charge in [0.15, 0.2) is 0 Å². The van der Waals surface area contributed by atoms with Crippen LogP contribution < -0.4 is 10.1 Å². The minimum absolute atomic E-state index is 0.0557. The molecule has 0 atom stereocenters. The summed E-state index contributed by atoms with van der Waals surface area (Å²) in [5.41, 5.74) is 2.09. The van der Waals surface area contributed by atoms with E-state index in [2.05, 4.69) is 34.5 Å². The Hall–Kier alpha value is -2.53. The van der Waals surface area contributed by atoms with Crippen LogP contribution >= 0.6 is 0 Å². The van der Waals surface area contributed by atoms with E-state index in [1.165, 1.54) is 5.56 Å². The van der Waals surface area contributed by atoms with Gasteiger partial charge in [0.2, 0.25) is 0 Å². The summed E-state index contributed by atoms with van der Waals surface area (Å²) >= 11 is 0. The molecule has 1 aliphatic rings. The van der Waals surface area contributed by atoms with Crippen molar-refractivity contribution in [2.75, 3.05) is 44.6 Å². The zero-order valence-electron chi connectivity index (χ0n) is 15.4. The van der Waals surface area contributed by atoms with Gasteiger partial charge in [-0.25, -0.2) is 4.79 Å². The second kappa shape index (κ2) is 9.25. The minimum atomic E-state index is -0.0557. The Morgan fingerprint density at radius 2 is 1.69 bits per heavy atom. The number of piperazine rings is 1. The maximum atomic E-state index is 12.6. The average molecular weight is 353 g/mol. The van der Waals surface area contributed by atoms with Crippen molar-refractivity contribution in [3.05, 3.63) is 60.2 Å². The van der Waals surface area contributed by atoms with Crippen LogP contribution in [0.25, 0.3) is 0 Å². The van der Waals surface area contributed by atoms with Gasteiger partial charge in [-0.1, -0.05) is 42.5 Å². The van der Waals surface area contributed by atoms with Crippen LogP contribution in [0, 0.1) is 0 Å². The molecule has 2 amide bonds. The Labute approximate surface area is 155 Å². The van der Waals surface area contributed by atoms with Gasteiger partial charge in [0.05, 0.1) is 12.3 Å². The molecule has 26 heavy (non-hydrogen) atoms. The molecule has 2 aromatic rings. The molecule has 3 rings (SSSR count). The molecular weight excluding hydrogens is 326 g/mol. The van der Waals surface area contributed by atoms with Gasteiger partial charge in [-0.15, -0.1) is 0 Å². The fourth-order valence-corrected chi connectivity index (χ4v) is 3.15. The molecule has 2 aromatic carbocycles. The maximum Gasteiger partial charge on any atom is 0.322 e. The molecular formula is C21H27N3O2. The first kappa shape index (κ1) is 18.3. The number of nitrogens with one attached hydrogen (secondary N) is 1. The SMILES string of the molecule is CCOc1ccccc1NC(=O)N1CCN(CCc2ccccc2)CC1. The Kier molecular flexibility index (Phi) is 6.50. The highest BCUT2D eigenvalue weighted by molar-refractivity contribution is 5.91. The van der Waals surface area contributed by atoms with E-state index in [0.717, 1.165) is 44.8 Å². The second-order valence-electron chi connectivity index (χ2n) is 6.42. The second-order valence-corrected chi connectivity index (χ2v) is 6.42. The molecule has 5 heteroatoms. The van der Waals surface area contributed by atoms with Crippen LogP contribution in [-0.2, 0) is 6.42 Å². The number of para-hydroxylation sites is 2. The van der Waals surface area contributed by atoms with Gasteiger partial charge >= 0.3 is 6.03 Å². The summed E-state index contributed by atoms with van der Waals surface area (Å²) in [5, 5.41) is 2.98. The molecule has 1 N–H and O–H groups in total. The number of carbonyl (C=O) groups is 1. The maximum absolute atomic E-state index is 12.6. The summed E-state index contributed by atoms with van der Waals surface area (Å²) in [4.78, 5) is 16.8. The lowest BCUT2D eigenvalue weighted by molar-refractivity contribution is 0.148. The first-order valence-electron chi connectivity index (χ1n) is 9.30. The van der Waals surface area contributed by atoms with E-state index in [-0.39, 0.29) is 6.03 Å². The summed E-state index contributed by atoms with van der Waals surface area (Å²) in [6.07, 6.45) is 1.05. The summed E-state index contributed by atoms with van der Waals surface area (Å²) in [5.74, 6) is 0.713. The van der Waals surface area contributed by atoms with Crippen molar-refractivity contribution in [2.45, 2.75) is 13.3 Å². The van der Waals surface area contributed by atoms with Crippen molar-refractivity contribution in [3.8, 4) is 5.75 Å². The van der Waals surface area contributed by atoms with Crippen LogP contribution in [0.4, 0.5) is 10.5 Å². The molecule has 5 nitrogen and oxygen atoms in total. The van der Waals surface area contributed by atoms with E-state index in [1.807, 2.05) is 42.2 Å². The van der Waals surface area contributed by atoms with E-state index < -0.39 is 0 Å². The third-order valence-corrected chi connectivity index (χ3v) is 4.65. The van der Waals surface area contributed by atoms with E-state index >= 15 is 0 Å². The number of benzene rings is 2. The Morgan fingerprint density at radius 1 is 1.00 bits per heavy atom. The third kappa shape index (κ3) is 4.99. The van der Waals surface area contributed by atoms with Gasteiger partial charge in [-0.05, 0) is 31.0 Å². The zero-order valence-corrected chi connectivity index (χ0v) is 15.4. The van der Waals surface area contributed by atoms with Crippen molar-refractivity contribution in [1.29, 1.82) is 0 Å². The first-order chi connectivity index (χ1) is 12.8. The fourth-order valence-electron chi connectivity index (χ4n) is 3.15. The number of anilines is 1. The van der Waals surface area contributed by atoms with Crippen LogP contribution in [0.3, 0.4) is 0 Å². The fraction of sp³-hybridized carbons (Fsp3) is 0.381. The van der Waals surface area contributed by atoms with Gasteiger partial charge in [0.25, 0.3) is 0 Å². The molecule has 0 radical (unpaired) electrons. The predicted octanol–water partition coefficient (Wildman–Crippen LogP) is 3.48. The van der Waals surface area contributed by atoms with Crippen molar-refractivity contribution >= 4 is 11.7 Å². The number of ether oxygens (including phenoxy) is 1.